The van der Waals surface area contributed by atoms with Crippen molar-refractivity contribution in [2.75, 3.05) is 31.6 Å². The zero-order valence-corrected chi connectivity index (χ0v) is 14.6. The highest BCUT2D eigenvalue weighted by Crippen LogP contribution is 2.14. The van der Waals surface area contributed by atoms with Crippen molar-refractivity contribution in [2.24, 2.45) is 4.99 Å². The maximum atomic E-state index is 6.16. The molecular weight excluding hydrogens is 302 g/mol. The van der Waals surface area contributed by atoms with Gasteiger partial charge >= 0.3 is 0 Å². The molecule has 21 heavy (non-hydrogen) atoms. The van der Waals surface area contributed by atoms with Crippen LogP contribution in [-0.2, 0) is 6.42 Å². The van der Waals surface area contributed by atoms with Crippen LogP contribution in [0.5, 0.6) is 0 Å². The van der Waals surface area contributed by atoms with Crippen LogP contribution in [0.15, 0.2) is 29.3 Å². The molecule has 0 saturated heterocycles. The van der Waals surface area contributed by atoms with Crippen molar-refractivity contribution in [3.63, 3.8) is 0 Å². The molecule has 0 bridgehead atoms. The number of nitrogens with one attached hydrogen (secondary N) is 2. The van der Waals surface area contributed by atoms with E-state index >= 15 is 0 Å². The van der Waals surface area contributed by atoms with Crippen molar-refractivity contribution in [2.45, 2.75) is 26.2 Å². The number of rotatable bonds is 9. The number of nitrogens with zero attached hydrogens (tertiary/aromatic N) is 1. The summed E-state index contributed by atoms with van der Waals surface area (Å²) in [5.41, 5.74) is 1.17. The summed E-state index contributed by atoms with van der Waals surface area (Å²) in [5.74, 6) is 2.11. The number of guanidine groups is 1. The lowest BCUT2D eigenvalue weighted by molar-refractivity contribution is 0.771. The first-order valence-corrected chi connectivity index (χ1v) is 9.29. The first kappa shape index (κ1) is 18.2. The van der Waals surface area contributed by atoms with E-state index in [0.29, 0.717) is 0 Å². The van der Waals surface area contributed by atoms with Gasteiger partial charge in [0.1, 0.15) is 0 Å². The Kier molecular flexibility index (Phi) is 10.2. The number of hydrogen-bond acceptors (Lipinski definition) is 2. The van der Waals surface area contributed by atoms with Crippen LogP contribution in [0.1, 0.15) is 25.3 Å². The van der Waals surface area contributed by atoms with Crippen molar-refractivity contribution < 1.29 is 0 Å². The predicted molar refractivity (Wildman–Crippen MR) is 96.8 cm³/mol. The molecule has 0 aromatic heterocycles. The minimum Gasteiger partial charge on any atom is -0.357 e. The van der Waals surface area contributed by atoms with Crippen molar-refractivity contribution in [3.05, 3.63) is 34.9 Å². The van der Waals surface area contributed by atoms with Crippen LogP contribution in [0.3, 0.4) is 0 Å². The van der Waals surface area contributed by atoms with Gasteiger partial charge in [-0.2, -0.15) is 11.8 Å². The van der Waals surface area contributed by atoms with Crippen LogP contribution in [0.2, 0.25) is 5.02 Å². The third kappa shape index (κ3) is 8.22. The Balaban J connectivity index is 2.33. The van der Waals surface area contributed by atoms with Gasteiger partial charge in [-0.1, -0.05) is 29.8 Å². The molecule has 0 aliphatic rings. The minimum atomic E-state index is 0.832. The van der Waals surface area contributed by atoms with Crippen molar-refractivity contribution in [1.29, 1.82) is 0 Å². The minimum absolute atomic E-state index is 0.832. The highest BCUT2D eigenvalue weighted by atomic mass is 35.5. The van der Waals surface area contributed by atoms with Gasteiger partial charge in [-0.15, -0.1) is 0 Å². The highest BCUT2D eigenvalue weighted by molar-refractivity contribution is 7.98. The van der Waals surface area contributed by atoms with Gasteiger partial charge in [0.15, 0.2) is 5.96 Å². The summed E-state index contributed by atoms with van der Waals surface area (Å²) in [4.78, 5) is 4.59. The van der Waals surface area contributed by atoms with Crippen molar-refractivity contribution in [1.82, 2.24) is 10.6 Å². The van der Waals surface area contributed by atoms with Crippen LogP contribution >= 0.6 is 23.4 Å². The Bertz CT molecular complexity index is 424. The van der Waals surface area contributed by atoms with E-state index in [9.17, 15) is 0 Å². The molecule has 0 aliphatic heterocycles. The van der Waals surface area contributed by atoms with Gasteiger partial charge in [-0.25, -0.2) is 0 Å². The average molecular weight is 328 g/mol. The SMILES string of the molecule is CCNC(=NCCCCSC)NCCc1ccccc1Cl. The molecule has 118 valence electrons. The molecule has 0 atom stereocenters. The first-order valence-electron chi connectivity index (χ1n) is 7.52. The Hall–Kier alpha value is -0.870. The second-order valence-electron chi connectivity index (χ2n) is 4.73. The fraction of sp³-hybridized carbons (Fsp3) is 0.562. The monoisotopic (exact) mass is 327 g/mol. The average Bonchev–Trinajstić information content (AvgIpc) is 2.49. The smallest absolute Gasteiger partial charge is 0.191 e. The lowest BCUT2D eigenvalue weighted by Gasteiger charge is -2.11. The molecule has 0 spiro atoms. The molecular formula is C16H26ClN3S. The lowest BCUT2D eigenvalue weighted by atomic mass is 10.1. The van der Waals surface area contributed by atoms with E-state index in [1.54, 1.807) is 0 Å². The van der Waals surface area contributed by atoms with Crippen LogP contribution in [0.25, 0.3) is 0 Å². The molecule has 0 aliphatic carbocycles. The molecule has 0 unspecified atom stereocenters. The van der Waals surface area contributed by atoms with Gasteiger partial charge < -0.3 is 10.6 Å². The second-order valence-corrected chi connectivity index (χ2v) is 6.12. The Morgan fingerprint density at radius 1 is 1.24 bits per heavy atom. The Morgan fingerprint density at radius 3 is 2.76 bits per heavy atom. The molecule has 1 aromatic rings. The van der Waals surface area contributed by atoms with Gasteiger partial charge in [0.25, 0.3) is 0 Å². The van der Waals surface area contributed by atoms with E-state index in [-0.39, 0.29) is 0 Å². The summed E-state index contributed by atoms with van der Waals surface area (Å²) >= 11 is 8.05. The summed E-state index contributed by atoms with van der Waals surface area (Å²) in [7, 11) is 0. The van der Waals surface area contributed by atoms with Gasteiger partial charge in [0.05, 0.1) is 0 Å². The number of benzene rings is 1. The largest absolute Gasteiger partial charge is 0.357 e. The Labute approximate surface area is 138 Å². The number of thioether (sulfide) groups is 1. The van der Waals surface area contributed by atoms with E-state index in [2.05, 4.69) is 34.9 Å². The molecule has 2 N–H and O–H groups in total. The topological polar surface area (TPSA) is 36.4 Å². The van der Waals surface area contributed by atoms with E-state index < -0.39 is 0 Å². The first-order chi connectivity index (χ1) is 10.3. The highest BCUT2D eigenvalue weighted by Gasteiger charge is 2.00. The molecule has 0 amide bonds. The quantitative estimate of drug-likeness (QED) is 0.413. The molecule has 5 heteroatoms. The van der Waals surface area contributed by atoms with E-state index in [4.69, 9.17) is 11.6 Å². The van der Waals surface area contributed by atoms with E-state index in [1.165, 1.54) is 17.7 Å². The molecule has 0 fully saturated rings. The third-order valence-corrected chi connectivity index (χ3v) is 4.08. The van der Waals surface area contributed by atoms with Gasteiger partial charge in [0, 0.05) is 24.7 Å². The predicted octanol–water partition coefficient (Wildman–Crippen LogP) is 3.58. The fourth-order valence-electron chi connectivity index (χ4n) is 1.91. The third-order valence-electron chi connectivity index (χ3n) is 3.02. The molecule has 3 nitrogen and oxygen atoms in total. The van der Waals surface area contributed by atoms with Crippen LogP contribution < -0.4 is 10.6 Å². The molecule has 0 radical (unpaired) electrons. The zero-order valence-electron chi connectivity index (χ0n) is 13.0. The van der Waals surface area contributed by atoms with Gasteiger partial charge in [0.2, 0.25) is 0 Å². The van der Waals surface area contributed by atoms with Crippen LogP contribution in [0, 0.1) is 0 Å². The summed E-state index contributed by atoms with van der Waals surface area (Å²) in [5, 5.41) is 7.47. The van der Waals surface area contributed by atoms with Gasteiger partial charge in [-0.3, -0.25) is 4.99 Å². The normalized spacial score (nSPS) is 11.5. The summed E-state index contributed by atoms with van der Waals surface area (Å²) in [6, 6.07) is 7.98. The van der Waals surface area contributed by atoms with Crippen LogP contribution in [0.4, 0.5) is 0 Å². The fourth-order valence-corrected chi connectivity index (χ4v) is 2.63. The maximum Gasteiger partial charge on any atom is 0.191 e. The maximum absolute atomic E-state index is 6.16. The standard InChI is InChI=1S/C16H26ClN3S/c1-3-18-16(19-11-6-7-13-21-2)20-12-10-14-8-4-5-9-15(14)17/h4-5,8-9H,3,6-7,10-13H2,1-2H3,(H2,18,19,20). The second kappa shape index (κ2) is 11.8. The number of hydrogen-bond donors (Lipinski definition) is 2. The van der Waals surface area contributed by atoms with E-state index in [0.717, 1.165) is 43.5 Å². The van der Waals surface area contributed by atoms with Crippen molar-refractivity contribution in [3.8, 4) is 0 Å². The van der Waals surface area contributed by atoms with Crippen LogP contribution in [-0.4, -0.2) is 37.6 Å². The van der Waals surface area contributed by atoms with Gasteiger partial charge in [-0.05, 0) is 49.8 Å². The zero-order chi connectivity index (χ0) is 15.3. The number of unbranched alkanes of at least 4 members (excludes halogenated alkanes) is 1. The molecule has 0 heterocycles. The summed E-state index contributed by atoms with van der Waals surface area (Å²) < 4.78 is 0. The molecule has 1 aromatic carbocycles. The molecule has 1 rings (SSSR count). The van der Waals surface area contributed by atoms with E-state index in [1.807, 2.05) is 30.0 Å². The number of halogens is 1. The number of aliphatic imine (C=N–C) groups is 1. The Morgan fingerprint density at radius 2 is 2.05 bits per heavy atom. The summed E-state index contributed by atoms with van der Waals surface area (Å²) in [6.07, 6.45) is 5.41. The molecule has 0 saturated carbocycles. The van der Waals surface area contributed by atoms with Crippen molar-refractivity contribution >= 4 is 29.3 Å². The summed E-state index contributed by atoms with van der Waals surface area (Å²) in [6.45, 7) is 4.67. The lowest BCUT2D eigenvalue weighted by Crippen LogP contribution is -2.38.